The molecule has 164 valence electrons. The molecule has 0 radical (unpaired) electrons. The van der Waals surface area contributed by atoms with Crippen LogP contribution in [-0.4, -0.2) is 38.0 Å². The molecule has 1 heterocycles. The fourth-order valence-corrected chi connectivity index (χ4v) is 5.31. The lowest BCUT2D eigenvalue weighted by molar-refractivity contribution is -0.115. The summed E-state index contributed by atoms with van der Waals surface area (Å²) in [6.45, 7) is 8.83. The number of esters is 1. The van der Waals surface area contributed by atoms with Crippen LogP contribution in [0, 0.1) is 20.8 Å². The molecule has 0 aliphatic rings. The minimum absolute atomic E-state index is 0.00890. The van der Waals surface area contributed by atoms with Crippen LogP contribution >= 0.6 is 15.9 Å². The fraction of sp³-hybridized carbons (Fsp3) is 0.400. The summed E-state index contributed by atoms with van der Waals surface area (Å²) in [5.74, 6) is -1.25. The standard InChI is InChI=1S/C20H26BrN3O5S/c1-6-24-13(4)18(20(26)29-7-2)19(14(24)5)30(27,28)22-11-17(25)23-16-9-8-12(3)10-15(16)21/h8-10,22H,6-7,11H2,1-5H3,(H,23,25). The predicted molar refractivity (Wildman–Crippen MR) is 118 cm³/mol. The van der Waals surface area contributed by atoms with Crippen molar-refractivity contribution >= 4 is 43.5 Å². The highest BCUT2D eigenvalue weighted by molar-refractivity contribution is 9.10. The summed E-state index contributed by atoms with van der Waals surface area (Å²) >= 11 is 3.36. The van der Waals surface area contributed by atoms with Gasteiger partial charge in [0.2, 0.25) is 15.9 Å². The van der Waals surface area contributed by atoms with Gasteiger partial charge < -0.3 is 14.6 Å². The summed E-state index contributed by atoms with van der Waals surface area (Å²) in [5.41, 5.74) is 2.44. The van der Waals surface area contributed by atoms with Gasteiger partial charge in [0.05, 0.1) is 18.8 Å². The molecule has 2 aromatic rings. The monoisotopic (exact) mass is 499 g/mol. The normalized spacial score (nSPS) is 11.4. The molecule has 0 saturated heterocycles. The van der Waals surface area contributed by atoms with E-state index in [1.54, 1.807) is 31.4 Å². The average Bonchev–Trinajstić information content (AvgIpc) is 2.93. The summed E-state index contributed by atoms with van der Waals surface area (Å²) < 4.78 is 35.8. The van der Waals surface area contributed by atoms with Crippen molar-refractivity contribution in [2.24, 2.45) is 0 Å². The van der Waals surface area contributed by atoms with Gasteiger partial charge in [-0.05, 0) is 68.2 Å². The largest absolute Gasteiger partial charge is 0.462 e. The number of benzene rings is 1. The van der Waals surface area contributed by atoms with Gasteiger partial charge in [-0.15, -0.1) is 0 Å². The highest BCUT2D eigenvalue weighted by Crippen LogP contribution is 2.28. The van der Waals surface area contributed by atoms with Crippen molar-refractivity contribution in [3.8, 4) is 0 Å². The lowest BCUT2D eigenvalue weighted by atomic mass is 10.2. The summed E-state index contributed by atoms with van der Waals surface area (Å²) in [6.07, 6.45) is 0. The molecule has 10 heteroatoms. The fourth-order valence-electron chi connectivity index (χ4n) is 3.25. The van der Waals surface area contributed by atoms with Crippen molar-refractivity contribution in [2.75, 3.05) is 18.5 Å². The molecule has 0 bridgehead atoms. The number of hydrogen-bond acceptors (Lipinski definition) is 5. The molecule has 0 spiro atoms. The van der Waals surface area contributed by atoms with Crippen molar-refractivity contribution in [1.82, 2.24) is 9.29 Å². The molecule has 0 fully saturated rings. The zero-order chi connectivity index (χ0) is 22.6. The molecular weight excluding hydrogens is 474 g/mol. The SMILES string of the molecule is CCOC(=O)c1c(S(=O)(=O)NCC(=O)Nc2ccc(C)cc2Br)c(C)n(CC)c1C. The third-order valence-electron chi connectivity index (χ3n) is 4.61. The first-order valence-corrected chi connectivity index (χ1v) is 11.7. The van der Waals surface area contributed by atoms with Gasteiger partial charge >= 0.3 is 5.97 Å². The number of aromatic nitrogens is 1. The van der Waals surface area contributed by atoms with Gasteiger partial charge in [0.25, 0.3) is 0 Å². The van der Waals surface area contributed by atoms with E-state index < -0.39 is 28.4 Å². The van der Waals surface area contributed by atoms with Gasteiger partial charge in [-0.25, -0.2) is 17.9 Å². The minimum Gasteiger partial charge on any atom is -0.462 e. The van der Waals surface area contributed by atoms with Gasteiger partial charge in [0, 0.05) is 22.4 Å². The second kappa shape index (κ2) is 9.76. The summed E-state index contributed by atoms with van der Waals surface area (Å²) in [4.78, 5) is 24.6. The molecule has 8 nitrogen and oxygen atoms in total. The van der Waals surface area contributed by atoms with Crippen LogP contribution in [0.15, 0.2) is 27.6 Å². The molecule has 1 aromatic heterocycles. The van der Waals surface area contributed by atoms with Crippen molar-refractivity contribution in [1.29, 1.82) is 0 Å². The quantitative estimate of drug-likeness (QED) is 0.541. The molecule has 30 heavy (non-hydrogen) atoms. The van der Waals surface area contributed by atoms with Crippen LogP contribution in [0.25, 0.3) is 0 Å². The Kier molecular flexibility index (Phi) is 7.84. The number of carbonyl (C=O) groups is 2. The van der Waals surface area contributed by atoms with E-state index >= 15 is 0 Å². The smallest absolute Gasteiger partial charge is 0.341 e. The Labute approximate surface area is 185 Å². The van der Waals surface area contributed by atoms with E-state index in [2.05, 4.69) is 26.0 Å². The number of ether oxygens (including phenoxy) is 1. The van der Waals surface area contributed by atoms with Gasteiger partial charge in [0.15, 0.2) is 0 Å². The first kappa shape index (κ1) is 24.1. The third kappa shape index (κ3) is 5.11. The number of amides is 1. The van der Waals surface area contributed by atoms with Crippen molar-refractivity contribution in [3.63, 3.8) is 0 Å². The summed E-state index contributed by atoms with van der Waals surface area (Å²) in [6, 6.07) is 5.39. The van der Waals surface area contributed by atoms with Gasteiger partial charge in [-0.1, -0.05) is 6.07 Å². The Bertz CT molecular complexity index is 1080. The number of sulfonamides is 1. The van der Waals surface area contributed by atoms with E-state index in [9.17, 15) is 18.0 Å². The first-order chi connectivity index (χ1) is 14.0. The molecule has 0 unspecified atom stereocenters. The highest BCUT2D eigenvalue weighted by Gasteiger charge is 2.32. The van der Waals surface area contributed by atoms with Crippen LogP contribution < -0.4 is 10.0 Å². The van der Waals surface area contributed by atoms with E-state index in [0.29, 0.717) is 28.1 Å². The van der Waals surface area contributed by atoms with E-state index in [-0.39, 0.29) is 17.1 Å². The maximum atomic E-state index is 13.0. The van der Waals surface area contributed by atoms with Gasteiger partial charge in [0.1, 0.15) is 10.5 Å². The Hall–Kier alpha value is -2.17. The van der Waals surface area contributed by atoms with E-state index in [0.717, 1.165) is 5.56 Å². The number of aryl methyl sites for hydroxylation is 1. The van der Waals surface area contributed by atoms with Crippen molar-refractivity contribution in [3.05, 3.63) is 45.2 Å². The Morgan fingerprint density at radius 1 is 1.13 bits per heavy atom. The molecule has 0 saturated carbocycles. The van der Waals surface area contributed by atoms with Crippen LogP contribution in [0.3, 0.4) is 0 Å². The number of rotatable bonds is 8. The lowest BCUT2D eigenvalue weighted by Gasteiger charge is -2.11. The molecule has 0 aliphatic heterocycles. The Balaban J connectivity index is 2.28. The number of nitrogens with one attached hydrogen (secondary N) is 2. The van der Waals surface area contributed by atoms with Crippen LogP contribution in [-0.2, 0) is 26.1 Å². The van der Waals surface area contributed by atoms with Crippen LogP contribution in [0.2, 0.25) is 0 Å². The van der Waals surface area contributed by atoms with Crippen molar-refractivity contribution < 1.29 is 22.7 Å². The second-order valence-corrected chi connectivity index (χ2v) is 9.25. The molecule has 2 rings (SSSR count). The number of carbonyl (C=O) groups excluding carboxylic acids is 2. The summed E-state index contributed by atoms with van der Waals surface area (Å²) in [7, 11) is -4.15. The minimum atomic E-state index is -4.15. The van der Waals surface area contributed by atoms with E-state index in [1.165, 1.54) is 0 Å². The third-order valence-corrected chi connectivity index (χ3v) is 6.83. The van der Waals surface area contributed by atoms with Crippen LogP contribution in [0.1, 0.15) is 41.2 Å². The maximum absolute atomic E-state index is 13.0. The van der Waals surface area contributed by atoms with E-state index in [1.807, 2.05) is 26.0 Å². The first-order valence-electron chi connectivity index (χ1n) is 9.45. The topological polar surface area (TPSA) is 106 Å². The predicted octanol–water partition coefficient (Wildman–Crippen LogP) is 3.29. The number of hydrogen-bond donors (Lipinski definition) is 2. The molecule has 0 atom stereocenters. The number of nitrogens with zero attached hydrogens (tertiary/aromatic N) is 1. The Morgan fingerprint density at radius 2 is 1.80 bits per heavy atom. The zero-order valence-electron chi connectivity index (χ0n) is 17.6. The Morgan fingerprint density at radius 3 is 2.37 bits per heavy atom. The lowest BCUT2D eigenvalue weighted by Crippen LogP contribution is -2.34. The molecule has 2 N–H and O–H groups in total. The van der Waals surface area contributed by atoms with Crippen LogP contribution in [0.5, 0.6) is 0 Å². The van der Waals surface area contributed by atoms with Gasteiger partial charge in [-0.2, -0.15) is 0 Å². The second-order valence-electron chi connectivity index (χ2n) is 6.70. The maximum Gasteiger partial charge on any atom is 0.341 e. The molecule has 1 aromatic carbocycles. The average molecular weight is 500 g/mol. The highest BCUT2D eigenvalue weighted by atomic mass is 79.9. The number of anilines is 1. The summed E-state index contributed by atoms with van der Waals surface area (Å²) in [5, 5.41) is 2.65. The molecule has 1 amide bonds. The van der Waals surface area contributed by atoms with E-state index in [4.69, 9.17) is 4.74 Å². The molecule has 0 aliphatic carbocycles. The van der Waals surface area contributed by atoms with Crippen LogP contribution in [0.4, 0.5) is 5.69 Å². The number of halogens is 1. The zero-order valence-corrected chi connectivity index (χ0v) is 20.0. The van der Waals surface area contributed by atoms with Gasteiger partial charge in [-0.3, -0.25) is 4.79 Å². The molecular formula is C20H26BrN3O5S. The van der Waals surface area contributed by atoms with Crippen molar-refractivity contribution in [2.45, 2.75) is 46.1 Å².